The Morgan fingerprint density at radius 2 is 1.96 bits per heavy atom. The zero-order valence-corrected chi connectivity index (χ0v) is 14.8. The van der Waals surface area contributed by atoms with E-state index in [1.54, 1.807) is 24.4 Å². The highest BCUT2D eigenvalue weighted by molar-refractivity contribution is 7.13. The summed E-state index contributed by atoms with van der Waals surface area (Å²) in [5.41, 5.74) is 1.14. The number of benzene rings is 1. The summed E-state index contributed by atoms with van der Waals surface area (Å²) in [4.78, 5) is 27.9. The number of thiazole rings is 1. The molecule has 3 rings (SSSR count). The lowest BCUT2D eigenvalue weighted by Crippen LogP contribution is -2.05. The minimum absolute atomic E-state index is 0.139. The highest BCUT2D eigenvalue weighted by atomic mass is 32.1. The lowest BCUT2D eigenvalue weighted by molar-refractivity contribution is 0.0438. The first kappa shape index (κ1) is 17.8. The number of esters is 2. The van der Waals surface area contributed by atoms with Crippen LogP contribution in [0.25, 0.3) is 10.6 Å². The molecule has 2 aromatic heterocycles. The van der Waals surface area contributed by atoms with Gasteiger partial charge in [-0.1, -0.05) is 0 Å². The molecule has 0 aliphatic carbocycles. The molecule has 0 saturated carbocycles. The molecule has 0 N–H and O–H groups in total. The van der Waals surface area contributed by atoms with E-state index in [-0.39, 0.29) is 23.7 Å². The summed E-state index contributed by atoms with van der Waals surface area (Å²) in [7, 11) is 1.27. The first-order chi connectivity index (χ1) is 12.5. The highest BCUT2D eigenvalue weighted by Crippen LogP contribution is 2.24. The third-order valence-electron chi connectivity index (χ3n) is 3.52. The lowest BCUT2D eigenvalue weighted by atomic mass is 10.2. The van der Waals surface area contributed by atoms with Gasteiger partial charge >= 0.3 is 11.9 Å². The van der Waals surface area contributed by atoms with Gasteiger partial charge in [0.15, 0.2) is 5.69 Å². The van der Waals surface area contributed by atoms with Gasteiger partial charge in [-0.05, 0) is 37.3 Å². The zero-order chi connectivity index (χ0) is 18.7. The quantitative estimate of drug-likeness (QED) is 0.628. The Morgan fingerprint density at radius 3 is 2.65 bits per heavy atom. The third kappa shape index (κ3) is 3.80. The van der Waals surface area contributed by atoms with E-state index in [0.717, 1.165) is 0 Å². The minimum atomic E-state index is -0.622. The van der Waals surface area contributed by atoms with Crippen LogP contribution in [0.5, 0.6) is 0 Å². The number of aromatic nitrogens is 1. The predicted molar refractivity (Wildman–Crippen MR) is 91.4 cm³/mol. The minimum Gasteiger partial charge on any atom is -0.465 e. The van der Waals surface area contributed by atoms with Crippen LogP contribution in [0.15, 0.2) is 40.1 Å². The summed E-state index contributed by atoms with van der Waals surface area (Å²) in [5, 5.41) is 2.15. The van der Waals surface area contributed by atoms with E-state index in [1.165, 1.54) is 36.6 Å². The molecule has 0 bridgehead atoms. The van der Waals surface area contributed by atoms with Gasteiger partial charge in [-0.25, -0.2) is 19.0 Å². The van der Waals surface area contributed by atoms with E-state index in [9.17, 15) is 14.0 Å². The number of nitrogens with zero attached hydrogens (tertiary/aromatic N) is 1. The van der Waals surface area contributed by atoms with Crippen molar-refractivity contribution < 1.29 is 27.9 Å². The number of methoxy groups -OCH3 is 1. The monoisotopic (exact) mass is 375 g/mol. The van der Waals surface area contributed by atoms with Gasteiger partial charge in [-0.15, -0.1) is 11.3 Å². The molecule has 0 aliphatic rings. The maximum absolute atomic E-state index is 13.0. The Morgan fingerprint density at radius 1 is 1.23 bits per heavy atom. The topological polar surface area (TPSA) is 78.6 Å². The molecule has 2 heterocycles. The van der Waals surface area contributed by atoms with Crippen molar-refractivity contribution in [1.82, 2.24) is 4.98 Å². The normalized spacial score (nSPS) is 10.6. The van der Waals surface area contributed by atoms with Crippen molar-refractivity contribution in [3.05, 3.63) is 64.3 Å². The maximum Gasteiger partial charge on any atom is 0.358 e. The molecule has 1 aromatic carbocycles. The molecular formula is C18H14FNO5S. The van der Waals surface area contributed by atoms with Crippen molar-refractivity contribution in [3.63, 3.8) is 0 Å². The SMILES string of the molecule is COC(=O)c1cc(COC(=O)c2csc(-c3ccc(F)cc3)n2)oc1C. The molecule has 0 atom stereocenters. The van der Waals surface area contributed by atoms with Gasteiger partial charge in [0.1, 0.15) is 34.5 Å². The third-order valence-corrected chi connectivity index (χ3v) is 4.42. The Balaban J connectivity index is 1.66. The van der Waals surface area contributed by atoms with Gasteiger partial charge in [-0.3, -0.25) is 0 Å². The predicted octanol–water partition coefficient (Wildman–Crippen LogP) is 3.99. The second-order valence-electron chi connectivity index (χ2n) is 5.30. The first-order valence-corrected chi connectivity index (χ1v) is 8.42. The summed E-state index contributed by atoms with van der Waals surface area (Å²) in [6, 6.07) is 7.30. The summed E-state index contributed by atoms with van der Waals surface area (Å²) >= 11 is 1.25. The maximum atomic E-state index is 13.0. The van der Waals surface area contributed by atoms with Crippen molar-refractivity contribution >= 4 is 23.3 Å². The number of hydrogen-bond donors (Lipinski definition) is 0. The van der Waals surface area contributed by atoms with Crippen molar-refractivity contribution in [2.45, 2.75) is 13.5 Å². The fourth-order valence-electron chi connectivity index (χ4n) is 2.23. The van der Waals surface area contributed by atoms with Crippen molar-refractivity contribution in [2.75, 3.05) is 7.11 Å². The summed E-state index contributed by atoms with van der Waals surface area (Å²) in [5.74, 6) is -0.777. The van der Waals surface area contributed by atoms with Crippen molar-refractivity contribution in [2.24, 2.45) is 0 Å². The van der Waals surface area contributed by atoms with Crippen LogP contribution in [0.3, 0.4) is 0 Å². The number of carbonyl (C=O) groups excluding carboxylic acids is 2. The zero-order valence-electron chi connectivity index (χ0n) is 13.9. The van der Waals surface area contributed by atoms with Crippen LogP contribution >= 0.6 is 11.3 Å². The number of hydrogen-bond acceptors (Lipinski definition) is 7. The molecule has 0 fully saturated rings. The van der Waals surface area contributed by atoms with Crippen LogP contribution in [0, 0.1) is 12.7 Å². The molecule has 0 amide bonds. The Bertz CT molecular complexity index is 945. The van der Waals surface area contributed by atoms with E-state index >= 15 is 0 Å². The van der Waals surface area contributed by atoms with Gasteiger partial charge in [0.2, 0.25) is 0 Å². The average molecular weight is 375 g/mol. The van der Waals surface area contributed by atoms with Gasteiger partial charge in [0.25, 0.3) is 0 Å². The van der Waals surface area contributed by atoms with Crippen molar-refractivity contribution in [3.8, 4) is 10.6 Å². The van der Waals surface area contributed by atoms with Crippen LogP contribution in [0.4, 0.5) is 4.39 Å². The number of furan rings is 1. The molecular weight excluding hydrogens is 361 g/mol. The Labute approximate surface area is 152 Å². The van der Waals surface area contributed by atoms with E-state index < -0.39 is 11.9 Å². The standard InChI is InChI=1S/C18H14FNO5S/c1-10-14(17(21)23-2)7-13(25-10)8-24-18(22)15-9-26-16(20-15)11-3-5-12(19)6-4-11/h3-7,9H,8H2,1-2H3. The van der Waals surface area contributed by atoms with E-state index in [0.29, 0.717) is 22.1 Å². The number of rotatable bonds is 5. The fourth-order valence-corrected chi connectivity index (χ4v) is 3.03. The van der Waals surface area contributed by atoms with Gasteiger partial charge in [0.05, 0.1) is 7.11 Å². The lowest BCUT2D eigenvalue weighted by Gasteiger charge is -2.00. The van der Waals surface area contributed by atoms with Crippen LogP contribution in [0.1, 0.15) is 32.4 Å². The average Bonchev–Trinajstić information content (AvgIpc) is 3.27. The number of aryl methyl sites for hydroxylation is 1. The molecule has 0 unspecified atom stereocenters. The molecule has 3 aromatic rings. The first-order valence-electron chi connectivity index (χ1n) is 7.54. The molecule has 0 aliphatic heterocycles. The summed E-state index contributed by atoms with van der Waals surface area (Å²) in [6.07, 6.45) is 0. The molecule has 0 spiro atoms. The van der Waals surface area contributed by atoms with Crippen LogP contribution in [-0.2, 0) is 16.1 Å². The smallest absolute Gasteiger partial charge is 0.358 e. The van der Waals surface area contributed by atoms with Gasteiger partial charge in [-0.2, -0.15) is 0 Å². The number of ether oxygens (including phenoxy) is 2. The number of halogens is 1. The molecule has 0 saturated heterocycles. The summed E-state index contributed by atoms with van der Waals surface area (Å²) < 4.78 is 28.2. The fraction of sp³-hybridized carbons (Fsp3) is 0.167. The van der Waals surface area contributed by atoms with E-state index in [4.69, 9.17) is 9.15 Å². The number of carbonyl (C=O) groups is 2. The Kier molecular flexibility index (Phi) is 5.13. The highest BCUT2D eigenvalue weighted by Gasteiger charge is 2.18. The molecule has 26 heavy (non-hydrogen) atoms. The molecule has 0 radical (unpaired) electrons. The van der Waals surface area contributed by atoms with Gasteiger partial charge < -0.3 is 13.9 Å². The van der Waals surface area contributed by atoms with E-state index in [1.807, 2.05) is 0 Å². The van der Waals surface area contributed by atoms with Crippen molar-refractivity contribution in [1.29, 1.82) is 0 Å². The van der Waals surface area contributed by atoms with Crippen LogP contribution in [-0.4, -0.2) is 24.0 Å². The van der Waals surface area contributed by atoms with Gasteiger partial charge in [0, 0.05) is 10.9 Å². The molecule has 134 valence electrons. The van der Waals surface area contributed by atoms with Crippen LogP contribution in [0.2, 0.25) is 0 Å². The molecule has 6 nitrogen and oxygen atoms in total. The second kappa shape index (κ2) is 7.49. The Hall–Kier alpha value is -3.00. The van der Waals surface area contributed by atoms with Crippen LogP contribution < -0.4 is 0 Å². The summed E-state index contributed by atoms with van der Waals surface area (Å²) in [6.45, 7) is 1.48. The largest absolute Gasteiger partial charge is 0.465 e. The van der Waals surface area contributed by atoms with E-state index in [2.05, 4.69) is 9.72 Å². The molecule has 8 heteroatoms. The second-order valence-corrected chi connectivity index (χ2v) is 6.15.